The van der Waals surface area contributed by atoms with Gasteiger partial charge in [-0.05, 0) is 12.1 Å². The fourth-order valence-corrected chi connectivity index (χ4v) is 3.77. The molecule has 7 heteroatoms. The van der Waals surface area contributed by atoms with E-state index in [-0.39, 0.29) is 5.97 Å². The molecule has 0 bridgehead atoms. The Kier molecular flexibility index (Phi) is 5.72. The van der Waals surface area contributed by atoms with Gasteiger partial charge in [0, 0.05) is 5.75 Å². The zero-order valence-corrected chi connectivity index (χ0v) is 13.5. The first-order chi connectivity index (χ1) is 10.2. The van der Waals surface area contributed by atoms with Crippen molar-refractivity contribution in [1.29, 1.82) is 0 Å². The highest BCUT2D eigenvalue weighted by Gasteiger charge is 2.41. The second kappa shape index (κ2) is 7.53. The van der Waals surface area contributed by atoms with Gasteiger partial charge in [-0.2, -0.15) is 0 Å². The van der Waals surface area contributed by atoms with Crippen LogP contribution in [-0.2, 0) is 15.1 Å². The maximum Gasteiger partial charge on any atom is 0.331 e. The summed E-state index contributed by atoms with van der Waals surface area (Å²) in [5, 5.41) is 11.1. The lowest BCUT2D eigenvalue weighted by atomic mass is 9.91. The maximum absolute atomic E-state index is 12.5. The summed E-state index contributed by atoms with van der Waals surface area (Å²) in [5.74, 6) is 0.194. The molecule has 0 aliphatic carbocycles. The Hall–Kier alpha value is -1.44. The van der Waals surface area contributed by atoms with Gasteiger partial charge in [0.2, 0.25) is 0 Å². The van der Waals surface area contributed by atoms with Crippen LogP contribution in [0, 0.1) is 0 Å². The Morgan fingerprint density at radius 2 is 2.19 bits per heavy atom. The van der Waals surface area contributed by atoms with Crippen LogP contribution < -0.4 is 5.32 Å². The van der Waals surface area contributed by atoms with Gasteiger partial charge in [-0.25, -0.2) is 4.79 Å². The zero-order chi connectivity index (χ0) is 15.1. The monoisotopic (exact) mass is 323 g/mol. The second-order valence-electron chi connectivity index (χ2n) is 4.29. The first-order valence-electron chi connectivity index (χ1n) is 6.51. The summed E-state index contributed by atoms with van der Waals surface area (Å²) in [6.45, 7) is 2.62. The first-order valence-corrected chi connectivity index (χ1v) is 8.37. The number of carbonyl (C=O) groups excluding carboxylic acids is 1. The van der Waals surface area contributed by atoms with E-state index in [1.807, 2.05) is 37.3 Å². The minimum absolute atomic E-state index is 0.299. The molecule has 112 valence electrons. The van der Waals surface area contributed by atoms with Crippen molar-refractivity contribution in [2.75, 3.05) is 19.4 Å². The van der Waals surface area contributed by atoms with Crippen molar-refractivity contribution >= 4 is 29.1 Å². The molecule has 1 unspecified atom stereocenters. The lowest BCUT2D eigenvalue weighted by Crippen LogP contribution is -2.52. The number of ether oxygens (including phenoxy) is 1. The van der Waals surface area contributed by atoms with Gasteiger partial charge >= 0.3 is 5.97 Å². The highest BCUT2D eigenvalue weighted by atomic mass is 32.2. The fourth-order valence-electron chi connectivity index (χ4n) is 2.08. The molecular weight excluding hydrogens is 306 g/mol. The number of rotatable bonds is 7. The van der Waals surface area contributed by atoms with Gasteiger partial charge in [0.25, 0.3) is 0 Å². The molecule has 0 saturated heterocycles. The molecule has 21 heavy (non-hydrogen) atoms. The number of benzene rings is 1. The number of likely N-dealkylation sites (N-methyl/N-ethyl adjacent to an activating group) is 1. The third-order valence-corrected chi connectivity index (χ3v) is 5.06. The van der Waals surface area contributed by atoms with Crippen LogP contribution >= 0.6 is 23.1 Å². The van der Waals surface area contributed by atoms with Gasteiger partial charge in [-0.15, -0.1) is 10.2 Å². The Bertz CT molecular complexity index is 563. The summed E-state index contributed by atoms with van der Waals surface area (Å²) in [6.07, 6.45) is 0. The highest BCUT2D eigenvalue weighted by molar-refractivity contribution is 8.01. The first kappa shape index (κ1) is 15.9. The van der Waals surface area contributed by atoms with Crippen LogP contribution in [0.2, 0.25) is 0 Å². The van der Waals surface area contributed by atoms with Gasteiger partial charge in [0.05, 0.1) is 7.11 Å². The van der Waals surface area contributed by atoms with Crippen LogP contribution in [0.25, 0.3) is 0 Å². The van der Waals surface area contributed by atoms with Gasteiger partial charge < -0.3 is 4.74 Å². The number of hydrogen-bond donors (Lipinski definition) is 1. The summed E-state index contributed by atoms with van der Waals surface area (Å²) < 4.78 is 5.88. The van der Waals surface area contributed by atoms with E-state index in [2.05, 4.69) is 15.5 Å². The molecule has 0 aliphatic rings. The molecule has 0 radical (unpaired) electrons. The molecule has 1 N–H and O–H groups in total. The predicted octanol–water partition coefficient (Wildman–Crippen LogP) is 2.31. The van der Waals surface area contributed by atoms with Crippen LogP contribution in [-0.4, -0.2) is 35.6 Å². The molecule has 2 rings (SSSR count). The van der Waals surface area contributed by atoms with Crippen LogP contribution in [0.15, 0.2) is 40.2 Å². The molecule has 5 nitrogen and oxygen atoms in total. The van der Waals surface area contributed by atoms with Crippen molar-refractivity contribution in [1.82, 2.24) is 15.5 Å². The quantitative estimate of drug-likeness (QED) is 0.623. The van der Waals surface area contributed by atoms with Crippen molar-refractivity contribution < 1.29 is 9.53 Å². The molecule has 1 atom stereocenters. The SMILES string of the molecule is CCNC(CSc1nncs1)(C(=O)OC)c1ccccc1. The number of aromatic nitrogens is 2. The lowest BCUT2D eigenvalue weighted by Gasteiger charge is -2.31. The third kappa shape index (κ3) is 3.61. The molecule has 0 saturated carbocycles. The summed E-state index contributed by atoms with van der Waals surface area (Å²) in [5.41, 5.74) is 1.68. The van der Waals surface area contributed by atoms with E-state index in [1.165, 1.54) is 30.2 Å². The summed E-state index contributed by atoms with van der Waals surface area (Å²) in [4.78, 5) is 12.5. The zero-order valence-electron chi connectivity index (χ0n) is 11.9. The van der Waals surface area contributed by atoms with E-state index in [0.29, 0.717) is 12.3 Å². The number of esters is 1. The average Bonchev–Trinajstić information content (AvgIpc) is 3.05. The molecule has 1 heterocycles. The van der Waals surface area contributed by atoms with Crippen LogP contribution in [0.3, 0.4) is 0 Å². The van der Waals surface area contributed by atoms with Crippen molar-refractivity contribution in [3.05, 3.63) is 41.4 Å². The Balaban J connectivity index is 2.33. The lowest BCUT2D eigenvalue weighted by molar-refractivity contribution is -0.148. The van der Waals surface area contributed by atoms with Gasteiger partial charge in [-0.3, -0.25) is 5.32 Å². The van der Waals surface area contributed by atoms with E-state index in [0.717, 1.165) is 9.90 Å². The van der Waals surface area contributed by atoms with Gasteiger partial charge in [0.1, 0.15) is 5.51 Å². The van der Waals surface area contributed by atoms with Crippen molar-refractivity contribution in [2.24, 2.45) is 0 Å². The Morgan fingerprint density at radius 1 is 1.43 bits per heavy atom. The van der Waals surface area contributed by atoms with E-state index >= 15 is 0 Å². The Labute approximate surface area is 132 Å². The molecule has 1 aromatic heterocycles. The van der Waals surface area contributed by atoms with Gasteiger partial charge in [-0.1, -0.05) is 60.4 Å². The fraction of sp³-hybridized carbons (Fsp3) is 0.357. The van der Waals surface area contributed by atoms with Crippen molar-refractivity contribution in [3.63, 3.8) is 0 Å². The number of carbonyl (C=O) groups is 1. The Morgan fingerprint density at radius 3 is 2.76 bits per heavy atom. The third-order valence-electron chi connectivity index (χ3n) is 3.03. The van der Waals surface area contributed by atoms with E-state index in [1.54, 1.807) is 5.51 Å². The summed E-state index contributed by atoms with van der Waals surface area (Å²) in [6, 6.07) is 9.62. The number of nitrogens with one attached hydrogen (secondary N) is 1. The topological polar surface area (TPSA) is 64.1 Å². The van der Waals surface area contributed by atoms with Crippen LogP contribution in [0.4, 0.5) is 0 Å². The second-order valence-corrected chi connectivity index (χ2v) is 6.34. The molecule has 0 fully saturated rings. The maximum atomic E-state index is 12.5. The number of thioether (sulfide) groups is 1. The van der Waals surface area contributed by atoms with Crippen LogP contribution in [0.1, 0.15) is 12.5 Å². The molecule has 1 aromatic carbocycles. The van der Waals surface area contributed by atoms with E-state index < -0.39 is 5.54 Å². The molecule has 0 aliphatic heterocycles. The summed E-state index contributed by atoms with van der Waals surface area (Å²) in [7, 11) is 1.41. The predicted molar refractivity (Wildman–Crippen MR) is 84.4 cm³/mol. The molecule has 0 spiro atoms. The van der Waals surface area contributed by atoms with E-state index in [4.69, 9.17) is 4.74 Å². The highest BCUT2D eigenvalue weighted by Crippen LogP contribution is 2.31. The van der Waals surface area contributed by atoms with Crippen LogP contribution in [0.5, 0.6) is 0 Å². The minimum atomic E-state index is -0.888. The normalized spacial score (nSPS) is 13.6. The molecule has 0 amide bonds. The molecular formula is C14H17N3O2S2. The van der Waals surface area contributed by atoms with Gasteiger partial charge in [0.15, 0.2) is 9.88 Å². The van der Waals surface area contributed by atoms with Crippen molar-refractivity contribution in [3.8, 4) is 0 Å². The minimum Gasteiger partial charge on any atom is -0.467 e. The number of methoxy groups -OCH3 is 1. The average molecular weight is 323 g/mol. The standard InChI is InChI=1S/C14H17N3O2S2/c1-3-15-14(12(18)19-2,11-7-5-4-6-8-11)9-20-13-17-16-10-21-13/h4-8,10,15H,3,9H2,1-2H3. The molecule has 2 aromatic rings. The number of hydrogen-bond acceptors (Lipinski definition) is 7. The smallest absolute Gasteiger partial charge is 0.331 e. The summed E-state index contributed by atoms with van der Waals surface area (Å²) >= 11 is 2.95. The largest absolute Gasteiger partial charge is 0.467 e. The van der Waals surface area contributed by atoms with Crippen molar-refractivity contribution in [2.45, 2.75) is 16.8 Å². The number of nitrogens with zero attached hydrogens (tertiary/aromatic N) is 2. The van der Waals surface area contributed by atoms with E-state index in [9.17, 15) is 4.79 Å².